The second kappa shape index (κ2) is 11.3. The number of thiol groups is 1. The zero-order chi connectivity index (χ0) is 21.4. The summed E-state index contributed by atoms with van der Waals surface area (Å²) in [5.41, 5.74) is 9.62. The van der Waals surface area contributed by atoms with Crippen LogP contribution in [0.5, 0.6) is 0 Å². The first-order chi connectivity index (χ1) is 13.1. The SMILES string of the molecule is C=C/C=C(\C=C/C)C(CCC)C(C)(N)C(C)(C)CC(C1=CC=CCC1)C(C)S. The topological polar surface area (TPSA) is 26.0 Å². The minimum atomic E-state index is -0.344. The fraction of sp³-hybridized carbons (Fsp3) is 0.615. The average Bonchev–Trinajstić information content (AvgIpc) is 2.64. The summed E-state index contributed by atoms with van der Waals surface area (Å²) in [5.74, 6) is 0.736. The van der Waals surface area contributed by atoms with Crippen molar-refractivity contribution >= 4 is 12.6 Å². The van der Waals surface area contributed by atoms with Crippen molar-refractivity contribution in [3.8, 4) is 0 Å². The summed E-state index contributed by atoms with van der Waals surface area (Å²) < 4.78 is 0. The molecule has 2 N–H and O–H groups in total. The molecule has 0 amide bonds. The summed E-state index contributed by atoms with van der Waals surface area (Å²) in [6.07, 6.45) is 20.6. The van der Waals surface area contributed by atoms with Crippen LogP contribution in [-0.4, -0.2) is 10.8 Å². The highest BCUT2D eigenvalue weighted by Crippen LogP contribution is 2.47. The maximum absolute atomic E-state index is 7.20. The molecular weight excluding hydrogens is 358 g/mol. The second-order valence-corrected chi connectivity index (χ2v) is 9.98. The zero-order valence-electron chi connectivity index (χ0n) is 19.0. The summed E-state index contributed by atoms with van der Waals surface area (Å²) in [6, 6.07) is 0. The molecule has 4 unspecified atom stereocenters. The van der Waals surface area contributed by atoms with Crippen molar-refractivity contribution in [2.75, 3.05) is 0 Å². The lowest BCUT2D eigenvalue weighted by Gasteiger charge is -2.49. The largest absolute Gasteiger partial charge is 0.324 e. The monoisotopic (exact) mass is 401 g/mol. The Bertz CT molecular complexity index is 616. The normalized spacial score (nSPS) is 21.1. The molecule has 0 saturated heterocycles. The van der Waals surface area contributed by atoms with Gasteiger partial charge in [-0.1, -0.05) is 88.8 Å². The van der Waals surface area contributed by atoms with Gasteiger partial charge >= 0.3 is 0 Å². The van der Waals surface area contributed by atoms with Crippen molar-refractivity contribution in [2.45, 2.75) is 84.4 Å². The minimum Gasteiger partial charge on any atom is -0.324 e. The average molecular weight is 402 g/mol. The van der Waals surface area contributed by atoms with E-state index in [4.69, 9.17) is 18.4 Å². The van der Waals surface area contributed by atoms with Crippen LogP contribution in [0, 0.1) is 17.3 Å². The van der Waals surface area contributed by atoms with Crippen LogP contribution in [-0.2, 0) is 0 Å². The van der Waals surface area contributed by atoms with Crippen molar-refractivity contribution in [2.24, 2.45) is 23.0 Å². The van der Waals surface area contributed by atoms with Gasteiger partial charge in [0.2, 0.25) is 0 Å². The first kappa shape index (κ1) is 25.0. The molecular formula is C26H43NS. The summed E-state index contributed by atoms with van der Waals surface area (Å²) in [5, 5.41) is 0.316. The van der Waals surface area contributed by atoms with Crippen LogP contribution in [0.4, 0.5) is 0 Å². The van der Waals surface area contributed by atoms with E-state index < -0.39 is 0 Å². The fourth-order valence-electron chi connectivity index (χ4n) is 4.50. The van der Waals surface area contributed by atoms with Gasteiger partial charge in [-0.15, -0.1) is 0 Å². The third kappa shape index (κ3) is 6.26. The molecule has 1 aliphatic rings. The van der Waals surface area contributed by atoms with Crippen molar-refractivity contribution in [3.05, 3.63) is 60.3 Å². The highest BCUT2D eigenvalue weighted by molar-refractivity contribution is 7.80. The first-order valence-corrected chi connectivity index (χ1v) is 11.4. The van der Waals surface area contributed by atoms with E-state index in [1.165, 1.54) is 11.1 Å². The Kier molecular flexibility index (Phi) is 10.1. The molecule has 0 aromatic heterocycles. The Morgan fingerprint density at radius 1 is 1.36 bits per heavy atom. The number of nitrogens with two attached hydrogens (primary N) is 1. The number of hydrogen-bond donors (Lipinski definition) is 2. The van der Waals surface area contributed by atoms with Crippen LogP contribution in [0.15, 0.2) is 60.3 Å². The standard InChI is InChI=1S/C26H43NS/c1-8-14-22(15-9-2)24(16-10-3)26(7,27)25(5,6)19-23(20(4)28)21-17-12-11-13-18-21/h8-9,11-12,14-15,17,20,23-24,28H,1,10,13,16,18-19,27H2,2-7H3/b15-9-,22-14+. The van der Waals surface area contributed by atoms with E-state index in [1.54, 1.807) is 0 Å². The predicted octanol–water partition coefficient (Wildman–Crippen LogP) is 7.44. The van der Waals surface area contributed by atoms with Crippen molar-refractivity contribution < 1.29 is 0 Å². The molecule has 4 atom stereocenters. The van der Waals surface area contributed by atoms with Gasteiger partial charge in [0.25, 0.3) is 0 Å². The van der Waals surface area contributed by atoms with Gasteiger partial charge in [-0.2, -0.15) is 12.6 Å². The van der Waals surface area contributed by atoms with Crippen LogP contribution in [0.1, 0.15) is 73.6 Å². The Morgan fingerprint density at radius 3 is 2.50 bits per heavy atom. The third-order valence-electron chi connectivity index (χ3n) is 6.67. The van der Waals surface area contributed by atoms with E-state index in [2.05, 4.69) is 84.6 Å². The highest BCUT2D eigenvalue weighted by Gasteiger charge is 2.45. The molecule has 1 rings (SSSR count). The molecule has 28 heavy (non-hydrogen) atoms. The zero-order valence-corrected chi connectivity index (χ0v) is 19.9. The number of rotatable bonds is 11. The van der Waals surface area contributed by atoms with E-state index in [0.29, 0.717) is 11.2 Å². The molecule has 0 bridgehead atoms. The van der Waals surface area contributed by atoms with E-state index in [1.807, 2.05) is 6.08 Å². The molecule has 0 aromatic carbocycles. The van der Waals surface area contributed by atoms with Crippen LogP contribution >= 0.6 is 12.6 Å². The molecule has 1 nitrogen and oxygen atoms in total. The molecule has 0 aromatic rings. The van der Waals surface area contributed by atoms with Gasteiger partial charge in [-0.3, -0.25) is 0 Å². The van der Waals surface area contributed by atoms with Gasteiger partial charge in [0.15, 0.2) is 0 Å². The lowest BCUT2D eigenvalue weighted by Crippen LogP contribution is -2.57. The summed E-state index contributed by atoms with van der Waals surface area (Å²) in [7, 11) is 0. The second-order valence-electron chi connectivity index (χ2n) is 9.17. The smallest absolute Gasteiger partial charge is 0.0247 e. The van der Waals surface area contributed by atoms with E-state index in [-0.39, 0.29) is 16.9 Å². The highest BCUT2D eigenvalue weighted by atomic mass is 32.1. The molecule has 0 aliphatic heterocycles. The van der Waals surface area contributed by atoms with E-state index in [9.17, 15) is 0 Å². The lowest BCUT2D eigenvalue weighted by atomic mass is 9.59. The summed E-state index contributed by atoms with van der Waals surface area (Å²) in [4.78, 5) is 0. The van der Waals surface area contributed by atoms with Gasteiger partial charge in [-0.05, 0) is 56.4 Å². The van der Waals surface area contributed by atoms with Crippen LogP contribution in [0.25, 0.3) is 0 Å². The molecule has 2 heteroatoms. The fourth-order valence-corrected chi connectivity index (χ4v) is 4.80. The predicted molar refractivity (Wildman–Crippen MR) is 131 cm³/mol. The van der Waals surface area contributed by atoms with Gasteiger partial charge in [-0.25, -0.2) is 0 Å². The van der Waals surface area contributed by atoms with Gasteiger partial charge in [0.1, 0.15) is 0 Å². The van der Waals surface area contributed by atoms with E-state index >= 15 is 0 Å². The van der Waals surface area contributed by atoms with E-state index in [0.717, 1.165) is 32.1 Å². The Balaban J connectivity index is 3.27. The number of hydrogen-bond acceptors (Lipinski definition) is 2. The van der Waals surface area contributed by atoms with Crippen LogP contribution in [0.3, 0.4) is 0 Å². The lowest BCUT2D eigenvalue weighted by molar-refractivity contribution is 0.0984. The maximum atomic E-state index is 7.20. The molecule has 0 spiro atoms. The van der Waals surface area contributed by atoms with Crippen LogP contribution in [0.2, 0.25) is 0 Å². The Labute approximate surface area is 180 Å². The van der Waals surface area contributed by atoms with Gasteiger partial charge in [0, 0.05) is 16.7 Å². The maximum Gasteiger partial charge on any atom is 0.0247 e. The van der Waals surface area contributed by atoms with Crippen molar-refractivity contribution in [1.82, 2.24) is 0 Å². The van der Waals surface area contributed by atoms with Crippen molar-refractivity contribution in [3.63, 3.8) is 0 Å². The Morgan fingerprint density at radius 2 is 2.04 bits per heavy atom. The molecule has 1 aliphatic carbocycles. The van der Waals surface area contributed by atoms with Gasteiger partial charge < -0.3 is 5.73 Å². The first-order valence-electron chi connectivity index (χ1n) is 10.9. The molecule has 158 valence electrons. The quantitative estimate of drug-likeness (QED) is 0.273. The molecule has 0 radical (unpaired) electrons. The molecule has 0 fully saturated rings. The van der Waals surface area contributed by atoms with Crippen molar-refractivity contribution in [1.29, 1.82) is 0 Å². The Hall–Kier alpha value is -0.990. The number of allylic oxidation sites excluding steroid dienone is 8. The molecule has 0 saturated carbocycles. The minimum absolute atomic E-state index is 0.0433. The summed E-state index contributed by atoms with van der Waals surface area (Å²) >= 11 is 4.87. The van der Waals surface area contributed by atoms with Gasteiger partial charge in [0.05, 0.1) is 0 Å². The van der Waals surface area contributed by atoms with Crippen LogP contribution < -0.4 is 5.73 Å². The third-order valence-corrected chi connectivity index (χ3v) is 7.03. The summed E-state index contributed by atoms with van der Waals surface area (Å²) in [6.45, 7) is 17.4. The molecule has 0 heterocycles.